The number of anilines is 1. The number of methoxy groups -OCH3 is 1. The van der Waals surface area contributed by atoms with Crippen molar-refractivity contribution < 1.29 is 18.7 Å². The monoisotopic (exact) mass is 355 g/mol. The number of ether oxygens (including phenoxy) is 2. The summed E-state index contributed by atoms with van der Waals surface area (Å²) in [4.78, 5) is 12.2. The second-order valence-corrected chi connectivity index (χ2v) is 6.97. The summed E-state index contributed by atoms with van der Waals surface area (Å²) in [6.07, 6.45) is 4.99. The highest BCUT2D eigenvalue weighted by Gasteiger charge is 2.29. The van der Waals surface area contributed by atoms with E-state index in [2.05, 4.69) is 5.32 Å². The van der Waals surface area contributed by atoms with Gasteiger partial charge in [0.05, 0.1) is 13.2 Å². The van der Waals surface area contributed by atoms with Crippen LogP contribution in [0.25, 0.3) is 0 Å². The van der Waals surface area contributed by atoms with Crippen molar-refractivity contribution in [3.8, 4) is 11.5 Å². The molecule has 0 spiro atoms. The zero-order valence-electron chi connectivity index (χ0n) is 14.8. The molecular weight excluding hydrogens is 333 g/mol. The molecule has 1 fully saturated rings. The minimum absolute atomic E-state index is 0.122. The molecule has 1 N–H and O–H groups in total. The van der Waals surface area contributed by atoms with Gasteiger partial charge >= 0.3 is 0 Å². The third-order valence-electron chi connectivity index (χ3n) is 5.25. The van der Waals surface area contributed by atoms with Crippen LogP contribution < -0.4 is 14.8 Å². The number of fused-ring (bicyclic) bond motifs is 1. The summed E-state index contributed by atoms with van der Waals surface area (Å²) in [7, 11) is 1.55. The van der Waals surface area contributed by atoms with Gasteiger partial charge in [0.25, 0.3) is 0 Å². The highest BCUT2D eigenvalue weighted by molar-refractivity contribution is 5.95. The average molecular weight is 355 g/mol. The van der Waals surface area contributed by atoms with E-state index in [0.29, 0.717) is 17.0 Å². The number of carbonyl (C=O) groups is 1. The normalized spacial score (nSPS) is 19.8. The first-order valence-electron chi connectivity index (χ1n) is 9.08. The van der Waals surface area contributed by atoms with E-state index >= 15 is 0 Å². The summed E-state index contributed by atoms with van der Waals surface area (Å²) in [5.74, 6) is 0.540. The van der Waals surface area contributed by atoms with Gasteiger partial charge in [-0.3, -0.25) is 4.79 Å². The number of halogens is 1. The molecule has 1 aliphatic heterocycles. The van der Waals surface area contributed by atoms with Crippen molar-refractivity contribution in [2.24, 2.45) is 0 Å². The van der Waals surface area contributed by atoms with Gasteiger partial charge in [-0.25, -0.2) is 4.39 Å². The lowest BCUT2D eigenvalue weighted by Crippen LogP contribution is -2.24. The van der Waals surface area contributed by atoms with Crippen LogP contribution >= 0.6 is 0 Å². The summed E-state index contributed by atoms with van der Waals surface area (Å²) >= 11 is 0. The Hall–Kier alpha value is -2.56. The summed E-state index contributed by atoms with van der Waals surface area (Å²) in [6, 6.07) is 10.3. The van der Waals surface area contributed by atoms with Crippen molar-refractivity contribution in [3.05, 3.63) is 53.3 Å². The van der Waals surface area contributed by atoms with E-state index in [1.165, 1.54) is 18.9 Å². The molecule has 1 atom stereocenters. The fourth-order valence-corrected chi connectivity index (χ4v) is 3.91. The van der Waals surface area contributed by atoms with Crippen LogP contribution in [0.2, 0.25) is 0 Å². The summed E-state index contributed by atoms with van der Waals surface area (Å²) < 4.78 is 25.7. The van der Waals surface area contributed by atoms with Crippen LogP contribution in [0.4, 0.5) is 10.1 Å². The van der Waals surface area contributed by atoms with E-state index in [-0.39, 0.29) is 30.2 Å². The first kappa shape index (κ1) is 16.9. The van der Waals surface area contributed by atoms with Gasteiger partial charge in [0.15, 0.2) is 0 Å². The third kappa shape index (κ3) is 3.26. The quantitative estimate of drug-likeness (QED) is 0.870. The van der Waals surface area contributed by atoms with Crippen molar-refractivity contribution in [3.63, 3.8) is 0 Å². The Morgan fingerprint density at radius 1 is 1.04 bits per heavy atom. The first-order chi connectivity index (χ1) is 12.6. The molecule has 1 amide bonds. The average Bonchev–Trinajstić information content (AvgIpc) is 3.14. The van der Waals surface area contributed by atoms with Gasteiger partial charge in [-0.05, 0) is 61.1 Å². The van der Waals surface area contributed by atoms with E-state index < -0.39 is 0 Å². The second-order valence-electron chi connectivity index (χ2n) is 6.97. The Balaban J connectivity index is 1.68. The predicted octanol–water partition coefficient (Wildman–Crippen LogP) is 4.63. The Labute approximate surface area is 152 Å². The zero-order chi connectivity index (χ0) is 18.1. The van der Waals surface area contributed by atoms with Gasteiger partial charge < -0.3 is 14.8 Å². The summed E-state index contributed by atoms with van der Waals surface area (Å²) in [5.41, 5.74) is 2.07. The first-order valence-corrected chi connectivity index (χ1v) is 9.08. The Kier molecular flexibility index (Phi) is 4.53. The van der Waals surface area contributed by atoms with E-state index in [0.717, 1.165) is 24.2 Å². The van der Waals surface area contributed by atoms with E-state index in [4.69, 9.17) is 9.47 Å². The number of benzene rings is 2. The molecule has 0 saturated heterocycles. The summed E-state index contributed by atoms with van der Waals surface area (Å²) in [6.45, 7) is 0. The molecule has 0 aromatic heterocycles. The molecule has 2 aromatic rings. The molecule has 1 heterocycles. The van der Waals surface area contributed by atoms with Gasteiger partial charge in [-0.2, -0.15) is 0 Å². The van der Waals surface area contributed by atoms with Gasteiger partial charge in [-0.1, -0.05) is 6.07 Å². The SMILES string of the molecule is COc1ccc(F)c(C2CC(=O)Nc3cc(OC4CCCC4)ccc32)c1. The number of nitrogens with one attached hydrogen (secondary N) is 1. The Morgan fingerprint density at radius 2 is 1.81 bits per heavy atom. The molecular formula is C21H22FNO3. The van der Waals surface area contributed by atoms with Crippen molar-refractivity contribution in [1.82, 2.24) is 0 Å². The van der Waals surface area contributed by atoms with Crippen LogP contribution in [0, 0.1) is 5.82 Å². The van der Waals surface area contributed by atoms with Crippen LogP contribution in [-0.2, 0) is 4.79 Å². The van der Waals surface area contributed by atoms with Crippen molar-refractivity contribution in [2.45, 2.75) is 44.1 Å². The molecule has 0 radical (unpaired) electrons. The minimum Gasteiger partial charge on any atom is -0.497 e. The van der Waals surface area contributed by atoms with E-state index in [1.54, 1.807) is 19.2 Å². The van der Waals surface area contributed by atoms with Gasteiger partial charge in [0.2, 0.25) is 5.91 Å². The number of hydrogen-bond acceptors (Lipinski definition) is 3. The number of hydrogen-bond donors (Lipinski definition) is 1. The van der Waals surface area contributed by atoms with Gasteiger partial charge in [0.1, 0.15) is 17.3 Å². The van der Waals surface area contributed by atoms with Crippen LogP contribution in [0.3, 0.4) is 0 Å². The number of amides is 1. The van der Waals surface area contributed by atoms with Crippen LogP contribution in [0.1, 0.15) is 49.1 Å². The summed E-state index contributed by atoms with van der Waals surface area (Å²) in [5, 5.41) is 2.90. The third-order valence-corrected chi connectivity index (χ3v) is 5.25. The van der Waals surface area contributed by atoms with Crippen molar-refractivity contribution in [1.29, 1.82) is 0 Å². The lowest BCUT2D eigenvalue weighted by molar-refractivity contribution is -0.116. The van der Waals surface area contributed by atoms with Gasteiger partial charge in [0, 0.05) is 24.1 Å². The van der Waals surface area contributed by atoms with E-state index in [9.17, 15) is 9.18 Å². The van der Waals surface area contributed by atoms with Gasteiger partial charge in [-0.15, -0.1) is 0 Å². The maximum Gasteiger partial charge on any atom is 0.225 e. The lowest BCUT2D eigenvalue weighted by atomic mass is 9.84. The zero-order valence-corrected chi connectivity index (χ0v) is 14.8. The highest BCUT2D eigenvalue weighted by atomic mass is 19.1. The molecule has 2 aliphatic rings. The minimum atomic E-state index is -0.339. The van der Waals surface area contributed by atoms with Crippen LogP contribution in [0.15, 0.2) is 36.4 Å². The van der Waals surface area contributed by atoms with Crippen LogP contribution in [-0.4, -0.2) is 19.1 Å². The van der Waals surface area contributed by atoms with E-state index in [1.807, 2.05) is 18.2 Å². The lowest BCUT2D eigenvalue weighted by Gasteiger charge is -2.27. The maximum atomic E-state index is 14.4. The molecule has 1 unspecified atom stereocenters. The molecule has 2 aromatic carbocycles. The molecule has 136 valence electrons. The predicted molar refractivity (Wildman–Crippen MR) is 97.4 cm³/mol. The molecule has 0 bridgehead atoms. The number of rotatable bonds is 4. The molecule has 26 heavy (non-hydrogen) atoms. The molecule has 5 heteroatoms. The molecule has 4 rings (SSSR count). The second kappa shape index (κ2) is 6.98. The Morgan fingerprint density at radius 3 is 2.58 bits per heavy atom. The van der Waals surface area contributed by atoms with Crippen molar-refractivity contribution in [2.75, 3.05) is 12.4 Å². The highest BCUT2D eigenvalue weighted by Crippen LogP contribution is 2.41. The fourth-order valence-electron chi connectivity index (χ4n) is 3.91. The smallest absolute Gasteiger partial charge is 0.225 e. The molecule has 1 aliphatic carbocycles. The standard InChI is InChI=1S/C21H22FNO3/c1-25-14-7-9-19(22)18(10-14)17-12-21(24)23-20-11-15(6-8-16(17)20)26-13-4-2-3-5-13/h6-11,13,17H,2-5,12H2,1H3,(H,23,24). The van der Waals surface area contributed by atoms with Crippen LogP contribution in [0.5, 0.6) is 11.5 Å². The molecule has 4 nitrogen and oxygen atoms in total. The maximum absolute atomic E-state index is 14.4. The number of carbonyl (C=O) groups excluding carboxylic acids is 1. The molecule has 1 saturated carbocycles. The van der Waals surface area contributed by atoms with Crippen molar-refractivity contribution >= 4 is 11.6 Å². The largest absolute Gasteiger partial charge is 0.497 e. The Bertz CT molecular complexity index is 830. The topological polar surface area (TPSA) is 47.6 Å². The fraction of sp³-hybridized carbons (Fsp3) is 0.381.